The molecule has 5 heteroatoms. The SMILES string of the molecule is CCc1nc(NC)c(C)c(NC(C)(CC)CCO)n1. The second-order valence-corrected chi connectivity index (χ2v) is 5.08. The molecule has 3 N–H and O–H groups in total. The number of aryl methyl sites for hydroxylation is 1. The fraction of sp³-hybridized carbons (Fsp3) is 0.714. The Morgan fingerprint density at radius 3 is 2.32 bits per heavy atom. The number of nitrogens with zero attached hydrogens (tertiary/aromatic N) is 2. The van der Waals surface area contributed by atoms with Crippen LogP contribution in [0.5, 0.6) is 0 Å². The predicted molar refractivity (Wildman–Crippen MR) is 79.7 cm³/mol. The second-order valence-electron chi connectivity index (χ2n) is 5.08. The van der Waals surface area contributed by atoms with E-state index in [-0.39, 0.29) is 12.1 Å². The van der Waals surface area contributed by atoms with Crippen LogP contribution >= 0.6 is 0 Å². The highest BCUT2D eigenvalue weighted by atomic mass is 16.3. The van der Waals surface area contributed by atoms with E-state index in [0.717, 1.165) is 35.9 Å². The molecule has 0 saturated carbocycles. The van der Waals surface area contributed by atoms with E-state index < -0.39 is 0 Å². The Bertz CT molecular complexity index is 422. The van der Waals surface area contributed by atoms with Gasteiger partial charge in [-0.1, -0.05) is 13.8 Å². The standard InChI is InChI=1S/C14H26N4O/c1-6-11-16-12(15-5)10(3)13(17-11)18-14(4,7-2)8-9-19/h19H,6-9H2,1-5H3,(H2,15,16,17,18). The Morgan fingerprint density at radius 2 is 1.84 bits per heavy atom. The summed E-state index contributed by atoms with van der Waals surface area (Å²) in [6, 6.07) is 0. The van der Waals surface area contributed by atoms with Crippen molar-refractivity contribution < 1.29 is 5.11 Å². The molecule has 19 heavy (non-hydrogen) atoms. The number of hydrogen-bond acceptors (Lipinski definition) is 5. The van der Waals surface area contributed by atoms with Crippen LogP contribution in [-0.4, -0.2) is 34.3 Å². The highest BCUT2D eigenvalue weighted by Gasteiger charge is 2.23. The minimum absolute atomic E-state index is 0.149. The number of aliphatic hydroxyl groups is 1. The van der Waals surface area contributed by atoms with Crippen LogP contribution in [0.1, 0.15) is 45.0 Å². The van der Waals surface area contributed by atoms with Crippen molar-refractivity contribution in [3.8, 4) is 0 Å². The Hall–Kier alpha value is -1.36. The van der Waals surface area contributed by atoms with Crippen LogP contribution in [0.25, 0.3) is 0 Å². The zero-order valence-electron chi connectivity index (χ0n) is 12.7. The Morgan fingerprint density at radius 1 is 1.21 bits per heavy atom. The third kappa shape index (κ3) is 3.80. The minimum Gasteiger partial charge on any atom is -0.396 e. The van der Waals surface area contributed by atoms with E-state index in [1.54, 1.807) is 0 Å². The van der Waals surface area contributed by atoms with Crippen molar-refractivity contribution >= 4 is 11.6 Å². The lowest BCUT2D eigenvalue weighted by atomic mass is 9.94. The zero-order chi connectivity index (χ0) is 14.5. The maximum absolute atomic E-state index is 9.20. The van der Waals surface area contributed by atoms with Gasteiger partial charge in [-0.3, -0.25) is 0 Å². The van der Waals surface area contributed by atoms with E-state index in [4.69, 9.17) is 0 Å². The number of aromatic nitrogens is 2. The molecule has 1 aromatic heterocycles. The summed E-state index contributed by atoms with van der Waals surface area (Å²) in [4.78, 5) is 9.03. The van der Waals surface area contributed by atoms with Crippen LogP contribution in [0.15, 0.2) is 0 Å². The van der Waals surface area contributed by atoms with Crippen LogP contribution in [0.2, 0.25) is 0 Å². The monoisotopic (exact) mass is 266 g/mol. The smallest absolute Gasteiger partial charge is 0.135 e. The molecule has 1 aromatic rings. The number of hydrogen-bond donors (Lipinski definition) is 3. The quantitative estimate of drug-likeness (QED) is 0.706. The lowest BCUT2D eigenvalue weighted by Gasteiger charge is -2.30. The van der Waals surface area contributed by atoms with Crippen LogP contribution in [0, 0.1) is 6.92 Å². The molecule has 1 atom stereocenters. The van der Waals surface area contributed by atoms with Crippen LogP contribution in [0.4, 0.5) is 11.6 Å². The third-order valence-electron chi connectivity index (χ3n) is 3.61. The van der Waals surface area contributed by atoms with Gasteiger partial charge in [-0.2, -0.15) is 0 Å². The Balaban J connectivity index is 3.11. The van der Waals surface area contributed by atoms with Gasteiger partial charge < -0.3 is 15.7 Å². The highest BCUT2D eigenvalue weighted by Crippen LogP contribution is 2.26. The summed E-state index contributed by atoms with van der Waals surface area (Å²) in [5.41, 5.74) is 0.862. The zero-order valence-corrected chi connectivity index (χ0v) is 12.7. The van der Waals surface area contributed by atoms with E-state index in [1.807, 2.05) is 20.9 Å². The van der Waals surface area contributed by atoms with Crippen molar-refractivity contribution in [1.82, 2.24) is 9.97 Å². The maximum atomic E-state index is 9.20. The van der Waals surface area contributed by atoms with Gasteiger partial charge in [0, 0.05) is 31.2 Å². The van der Waals surface area contributed by atoms with Gasteiger partial charge in [0.15, 0.2) is 0 Å². The summed E-state index contributed by atoms with van der Waals surface area (Å²) >= 11 is 0. The van der Waals surface area contributed by atoms with E-state index >= 15 is 0 Å². The molecule has 1 heterocycles. The van der Waals surface area contributed by atoms with E-state index in [0.29, 0.717) is 6.42 Å². The number of anilines is 2. The topological polar surface area (TPSA) is 70.1 Å². The molecule has 0 aliphatic rings. The van der Waals surface area contributed by atoms with Crippen molar-refractivity contribution in [1.29, 1.82) is 0 Å². The fourth-order valence-corrected chi connectivity index (χ4v) is 1.95. The second kappa shape index (κ2) is 6.70. The van der Waals surface area contributed by atoms with Crippen molar-refractivity contribution in [2.75, 3.05) is 24.3 Å². The average molecular weight is 266 g/mol. The lowest BCUT2D eigenvalue weighted by molar-refractivity contribution is 0.251. The molecule has 0 amide bonds. The maximum Gasteiger partial charge on any atom is 0.135 e. The normalized spacial score (nSPS) is 14.0. The molecule has 1 unspecified atom stereocenters. The van der Waals surface area contributed by atoms with Gasteiger partial charge in [0.2, 0.25) is 0 Å². The summed E-state index contributed by atoms with van der Waals surface area (Å²) in [5.74, 6) is 2.53. The van der Waals surface area contributed by atoms with Gasteiger partial charge >= 0.3 is 0 Å². The first-order valence-corrected chi connectivity index (χ1v) is 6.94. The molecule has 0 spiro atoms. The van der Waals surface area contributed by atoms with Crippen molar-refractivity contribution in [3.63, 3.8) is 0 Å². The summed E-state index contributed by atoms with van der Waals surface area (Å²) < 4.78 is 0. The lowest BCUT2D eigenvalue weighted by Crippen LogP contribution is -2.36. The molecular weight excluding hydrogens is 240 g/mol. The first kappa shape index (κ1) is 15.7. The van der Waals surface area contributed by atoms with Crippen LogP contribution in [-0.2, 0) is 6.42 Å². The van der Waals surface area contributed by atoms with Crippen molar-refractivity contribution in [2.45, 2.75) is 52.5 Å². The molecule has 0 radical (unpaired) electrons. The van der Waals surface area contributed by atoms with Gasteiger partial charge in [0.1, 0.15) is 17.5 Å². The largest absolute Gasteiger partial charge is 0.396 e. The number of nitrogens with one attached hydrogen (secondary N) is 2. The average Bonchev–Trinajstić information content (AvgIpc) is 2.41. The first-order valence-electron chi connectivity index (χ1n) is 6.94. The summed E-state index contributed by atoms with van der Waals surface area (Å²) in [6.07, 6.45) is 2.42. The molecule has 108 valence electrons. The third-order valence-corrected chi connectivity index (χ3v) is 3.61. The summed E-state index contributed by atoms with van der Waals surface area (Å²) in [7, 11) is 1.87. The Labute approximate surface area is 115 Å². The molecule has 0 saturated heterocycles. The number of rotatable bonds is 7. The predicted octanol–water partition coefficient (Wildman–Crippen LogP) is 2.35. The van der Waals surface area contributed by atoms with Crippen molar-refractivity contribution in [2.24, 2.45) is 0 Å². The molecule has 0 fully saturated rings. The fourth-order valence-electron chi connectivity index (χ4n) is 1.95. The van der Waals surface area contributed by atoms with E-state index in [1.165, 1.54) is 0 Å². The summed E-state index contributed by atoms with van der Waals surface area (Å²) in [5, 5.41) is 15.8. The minimum atomic E-state index is -0.149. The van der Waals surface area contributed by atoms with E-state index in [9.17, 15) is 5.11 Å². The van der Waals surface area contributed by atoms with Crippen LogP contribution < -0.4 is 10.6 Å². The molecule has 0 aliphatic carbocycles. The van der Waals surface area contributed by atoms with Gasteiger partial charge in [0.05, 0.1) is 0 Å². The highest BCUT2D eigenvalue weighted by molar-refractivity contribution is 5.58. The van der Waals surface area contributed by atoms with Crippen LogP contribution in [0.3, 0.4) is 0 Å². The van der Waals surface area contributed by atoms with Gasteiger partial charge in [-0.25, -0.2) is 9.97 Å². The van der Waals surface area contributed by atoms with Gasteiger partial charge in [0.25, 0.3) is 0 Å². The Kier molecular flexibility index (Phi) is 5.54. The molecule has 1 rings (SSSR count). The van der Waals surface area contributed by atoms with Crippen molar-refractivity contribution in [3.05, 3.63) is 11.4 Å². The molecular formula is C14H26N4O. The molecule has 5 nitrogen and oxygen atoms in total. The molecule has 0 aromatic carbocycles. The van der Waals surface area contributed by atoms with Gasteiger partial charge in [-0.15, -0.1) is 0 Å². The summed E-state index contributed by atoms with van der Waals surface area (Å²) in [6.45, 7) is 8.43. The molecule has 0 aliphatic heterocycles. The first-order chi connectivity index (χ1) is 8.99. The van der Waals surface area contributed by atoms with Gasteiger partial charge in [-0.05, 0) is 26.7 Å². The molecule has 0 bridgehead atoms. The van der Waals surface area contributed by atoms with E-state index in [2.05, 4.69) is 34.4 Å². The number of aliphatic hydroxyl groups excluding tert-OH is 1.